The van der Waals surface area contributed by atoms with Gasteiger partial charge in [0.15, 0.2) is 0 Å². The van der Waals surface area contributed by atoms with Crippen molar-refractivity contribution < 1.29 is 17.9 Å². The van der Waals surface area contributed by atoms with Gasteiger partial charge >= 0.3 is 5.97 Å². The van der Waals surface area contributed by atoms with Crippen LogP contribution in [0.5, 0.6) is 0 Å². The van der Waals surface area contributed by atoms with E-state index in [1.165, 1.54) is 0 Å². The van der Waals surface area contributed by atoms with Crippen molar-refractivity contribution in [1.29, 1.82) is 0 Å². The van der Waals surface area contributed by atoms with Gasteiger partial charge in [0.2, 0.25) is 0 Å². The topological polar surface area (TPSA) is 60.4 Å². The SMILES string of the molecule is CCCC[S@](=O)C[C@H](COC(=O)c1ccccc1)[S@@](=O)CCCC. The van der Waals surface area contributed by atoms with Gasteiger partial charge in [0, 0.05) is 38.9 Å². The van der Waals surface area contributed by atoms with Crippen LogP contribution in [-0.2, 0) is 26.3 Å². The molecule has 0 aliphatic heterocycles. The Morgan fingerprint density at radius 2 is 1.67 bits per heavy atom. The Balaban J connectivity index is 2.61. The summed E-state index contributed by atoms with van der Waals surface area (Å²) in [7, 11) is -2.15. The molecular weight excluding hydrogens is 344 g/mol. The van der Waals surface area contributed by atoms with Gasteiger partial charge in [-0.3, -0.25) is 8.42 Å². The Hall–Kier alpha value is -1.01. The normalized spacial score (nSPS) is 14.8. The smallest absolute Gasteiger partial charge is 0.338 e. The summed E-state index contributed by atoms with van der Waals surface area (Å²) in [6.45, 7) is 4.15. The van der Waals surface area contributed by atoms with Gasteiger partial charge in [-0.1, -0.05) is 44.9 Å². The number of unbranched alkanes of at least 4 members (excludes halogenated alkanes) is 2. The third kappa shape index (κ3) is 8.20. The summed E-state index contributed by atoms with van der Waals surface area (Å²) in [4.78, 5) is 12.0. The molecule has 0 amide bonds. The molecule has 136 valence electrons. The number of rotatable bonds is 12. The van der Waals surface area contributed by atoms with Crippen LogP contribution in [0.2, 0.25) is 0 Å². The van der Waals surface area contributed by atoms with E-state index in [-0.39, 0.29) is 11.9 Å². The summed E-state index contributed by atoms with van der Waals surface area (Å²) >= 11 is 0. The van der Waals surface area contributed by atoms with Crippen LogP contribution in [0.1, 0.15) is 49.9 Å². The second-order valence-electron chi connectivity index (χ2n) is 5.69. The van der Waals surface area contributed by atoms with Crippen LogP contribution in [-0.4, -0.2) is 43.5 Å². The molecule has 4 nitrogen and oxygen atoms in total. The van der Waals surface area contributed by atoms with Crippen molar-refractivity contribution in [3.8, 4) is 0 Å². The average Bonchev–Trinajstić information content (AvgIpc) is 2.61. The molecule has 0 spiro atoms. The third-order valence-electron chi connectivity index (χ3n) is 3.58. The van der Waals surface area contributed by atoms with Crippen molar-refractivity contribution in [1.82, 2.24) is 0 Å². The third-order valence-corrected chi connectivity index (χ3v) is 7.04. The molecule has 6 heteroatoms. The van der Waals surface area contributed by atoms with E-state index >= 15 is 0 Å². The van der Waals surface area contributed by atoms with Crippen LogP contribution in [0.25, 0.3) is 0 Å². The highest BCUT2D eigenvalue weighted by molar-refractivity contribution is 7.89. The zero-order valence-corrected chi connectivity index (χ0v) is 16.2. The molecule has 0 fully saturated rings. The molecule has 1 rings (SSSR count). The molecule has 1 aromatic carbocycles. The fourth-order valence-corrected chi connectivity index (χ4v) is 5.55. The fourth-order valence-electron chi connectivity index (χ4n) is 2.08. The number of carbonyl (C=O) groups is 1. The van der Waals surface area contributed by atoms with Crippen molar-refractivity contribution in [3.63, 3.8) is 0 Å². The van der Waals surface area contributed by atoms with Crippen molar-refractivity contribution in [2.24, 2.45) is 0 Å². The van der Waals surface area contributed by atoms with Crippen molar-refractivity contribution in [2.45, 2.75) is 44.8 Å². The zero-order chi connectivity index (χ0) is 17.8. The molecule has 0 aliphatic carbocycles. The Kier molecular flexibility index (Phi) is 10.8. The van der Waals surface area contributed by atoms with E-state index in [0.717, 1.165) is 25.7 Å². The first-order valence-corrected chi connectivity index (χ1v) is 11.4. The standard InChI is InChI=1S/C18H28O4S2/c1-3-5-12-23(20)15-17(24(21)13-6-4-2)14-22-18(19)16-10-8-7-9-11-16/h7-11,17H,3-6,12-15H2,1-2H3/t17-,23-,24-/m0/s1. The second kappa shape index (κ2) is 12.4. The van der Waals surface area contributed by atoms with Gasteiger partial charge in [0.25, 0.3) is 0 Å². The molecule has 0 bridgehead atoms. The molecule has 0 radical (unpaired) electrons. The number of ether oxygens (including phenoxy) is 1. The van der Waals surface area contributed by atoms with E-state index in [4.69, 9.17) is 4.74 Å². The van der Waals surface area contributed by atoms with Gasteiger partial charge in [-0.25, -0.2) is 4.79 Å². The zero-order valence-electron chi connectivity index (χ0n) is 14.6. The number of carbonyl (C=O) groups excluding carboxylic acids is 1. The minimum absolute atomic E-state index is 0.0575. The summed E-state index contributed by atoms with van der Waals surface area (Å²) in [5.41, 5.74) is 0.475. The number of hydrogen-bond donors (Lipinski definition) is 0. The number of esters is 1. The highest BCUT2D eigenvalue weighted by atomic mass is 32.2. The predicted molar refractivity (Wildman–Crippen MR) is 101 cm³/mol. The Morgan fingerprint density at radius 1 is 1.04 bits per heavy atom. The lowest BCUT2D eigenvalue weighted by molar-refractivity contribution is 0.0510. The van der Waals surface area contributed by atoms with Gasteiger partial charge in [0.1, 0.15) is 6.61 Å². The Labute approximate surface area is 150 Å². The monoisotopic (exact) mass is 372 g/mol. The first-order chi connectivity index (χ1) is 11.6. The number of benzene rings is 1. The summed E-state index contributed by atoms with van der Waals surface area (Å²) in [6.07, 6.45) is 3.70. The van der Waals surface area contributed by atoms with E-state index in [0.29, 0.717) is 22.8 Å². The molecule has 24 heavy (non-hydrogen) atoms. The van der Waals surface area contributed by atoms with E-state index in [2.05, 4.69) is 6.92 Å². The fraction of sp³-hybridized carbons (Fsp3) is 0.611. The van der Waals surface area contributed by atoms with Crippen molar-refractivity contribution in [3.05, 3.63) is 35.9 Å². The van der Waals surface area contributed by atoms with Crippen LogP contribution in [0, 0.1) is 0 Å². The summed E-state index contributed by atoms with van der Waals surface area (Å²) in [5, 5.41) is -0.359. The quantitative estimate of drug-likeness (QED) is 0.528. The van der Waals surface area contributed by atoms with Gasteiger partial charge < -0.3 is 4.74 Å². The molecule has 0 unspecified atom stereocenters. The van der Waals surface area contributed by atoms with Gasteiger partial charge in [0.05, 0.1) is 10.8 Å². The van der Waals surface area contributed by atoms with E-state index in [1.54, 1.807) is 24.3 Å². The molecule has 1 aromatic rings. The maximum atomic E-state index is 12.4. The van der Waals surface area contributed by atoms with Crippen LogP contribution in [0.3, 0.4) is 0 Å². The highest BCUT2D eigenvalue weighted by Crippen LogP contribution is 2.08. The maximum absolute atomic E-state index is 12.4. The second-order valence-corrected chi connectivity index (χ2v) is 9.15. The molecule has 0 saturated carbocycles. The summed E-state index contributed by atoms with van der Waals surface area (Å²) < 4.78 is 29.9. The first kappa shape index (κ1) is 21.0. The largest absolute Gasteiger partial charge is 0.461 e. The minimum atomic E-state index is -1.13. The van der Waals surface area contributed by atoms with E-state index < -0.39 is 27.6 Å². The summed E-state index contributed by atoms with van der Waals surface area (Å²) in [6, 6.07) is 8.74. The molecule has 0 saturated heterocycles. The van der Waals surface area contributed by atoms with Crippen molar-refractivity contribution in [2.75, 3.05) is 23.9 Å². The maximum Gasteiger partial charge on any atom is 0.338 e. The van der Waals surface area contributed by atoms with Gasteiger partial charge in [-0.15, -0.1) is 0 Å². The molecule has 0 aliphatic rings. The van der Waals surface area contributed by atoms with Gasteiger partial charge in [-0.05, 0) is 25.0 Å². The molecule has 3 atom stereocenters. The molecule has 0 N–H and O–H groups in total. The predicted octanol–water partition coefficient (Wildman–Crippen LogP) is 3.31. The lowest BCUT2D eigenvalue weighted by Crippen LogP contribution is -2.31. The molecular formula is C18H28O4S2. The Morgan fingerprint density at radius 3 is 2.29 bits per heavy atom. The average molecular weight is 373 g/mol. The van der Waals surface area contributed by atoms with Crippen LogP contribution in [0.4, 0.5) is 0 Å². The highest BCUT2D eigenvalue weighted by Gasteiger charge is 2.21. The number of hydrogen-bond acceptors (Lipinski definition) is 4. The van der Waals surface area contributed by atoms with Gasteiger partial charge in [-0.2, -0.15) is 0 Å². The Bertz CT molecular complexity index is 531. The van der Waals surface area contributed by atoms with Crippen LogP contribution < -0.4 is 0 Å². The van der Waals surface area contributed by atoms with Crippen molar-refractivity contribution >= 4 is 27.6 Å². The lowest BCUT2D eigenvalue weighted by atomic mass is 10.2. The van der Waals surface area contributed by atoms with Crippen LogP contribution >= 0.6 is 0 Å². The van der Waals surface area contributed by atoms with E-state index in [1.807, 2.05) is 13.0 Å². The van der Waals surface area contributed by atoms with E-state index in [9.17, 15) is 13.2 Å². The molecule has 0 aromatic heterocycles. The first-order valence-electron chi connectivity index (χ1n) is 8.52. The molecule has 0 heterocycles. The summed E-state index contributed by atoms with van der Waals surface area (Å²) in [5.74, 6) is 1.09. The van der Waals surface area contributed by atoms with Crippen LogP contribution in [0.15, 0.2) is 30.3 Å². The minimum Gasteiger partial charge on any atom is -0.461 e. The lowest BCUT2D eigenvalue weighted by Gasteiger charge is -2.16.